The van der Waals surface area contributed by atoms with E-state index < -0.39 is 0 Å². The van der Waals surface area contributed by atoms with Crippen LogP contribution in [0, 0.1) is 4.91 Å². The lowest BCUT2D eigenvalue weighted by Crippen LogP contribution is -2.21. The normalized spacial score (nSPS) is 9.79. The van der Waals surface area contributed by atoms with Crippen LogP contribution in [0.3, 0.4) is 0 Å². The quantitative estimate of drug-likeness (QED) is 0.532. The van der Waals surface area contributed by atoms with Gasteiger partial charge < -0.3 is 10.6 Å². The largest absolute Gasteiger partial charge is 0.369 e. The van der Waals surface area contributed by atoms with Gasteiger partial charge in [-0.2, -0.15) is 0 Å². The van der Waals surface area contributed by atoms with E-state index in [1.165, 1.54) is 6.20 Å². The number of aromatic nitrogens is 1. The van der Waals surface area contributed by atoms with Crippen molar-refractivity contribution in [2.45, 2.75) is 6.92 Å². The molecule has 0 amide bonds. The minimum absolute atomic E-state index is 0.349. The maximum Gasteiger partial charge on any atom is 0.126 e. The number of nitroso groups, excluding NO2 is 1. The highest BCUT2D eigenvalue weighted by atomic mass is 16.3. The molecule has 5 nitrogen and oxygen atoms in total. The molecule has 0 atom stereocenters. The fourth-order valence-electron chi connectivity index (χ4n) is 1.00. The van der Waals surface area contributed by atoms with Gasteiger partial charge in [0, 0.05) is 13.1 Å². The molecule has 0 bridgehead atoms. The zero-order valence-electron chi connectivity index (χ0n) is 8.16. The summed E-state index contributed by atoms with van der Waals surface area (Å²) in [5, 5.41) is 9.06. The average molecular weight is 194 g/mol. The number of rotatable bonds is 6. The number of nitrogens with one attached hydrogen (secondary N) is 2. The van der Waals surface area contributed by atoms with Crippen LogP contribution in [0.2, 0.25) is 0 Å². The summed E-state index contributed by atoms with van der Waals surface area (Å²) in [5.74, 6) is 0.760. The summed E-state index contributed by atoms with van der Waals surface area (Å²) in [7, 11) is 0. The molecule has 0 radical (unpaired) electrons. The molecule has 1 rings (SSSR count). The molecule has 0 aliphatic carbocycles. The van der Waals surface area contributed by atoms with Crippen LogP contribution in [0.5, 0.6) is 0 Å². The first kappa shape index (κ1) is 10.6. The lowest BCUT2D eigenvalue weighted by Gasteiger charge is -2.04. The Morgan fingerprint density at radius 1 is 1.43 bits per heavy atom. The lowest BCUT2D eigenvalue weighted by atomic mass is 10.4. The van der Waals surface area contributed by atoms with Crippen molar-refractivity contribution in [3.63, 3.8) is 0 Å². The van der Waals surface area contributed by atoms with Gasteiger partial charge >= 0.3 is 0 Å². The summed E-state index contributed by atoms with van der Waals surface area (Å²) in [6.45, 7) is 4.73. The lowest BCUT2D eigenvalue weighted by molar-refractivity contribution is 0.738. The molecule has 0 aliphatic rings. The standard InChI is InChI=1S/C9H14N4O/c1-2-10-5-6-11-9-4-3-8(13-14)7-12-9/h3-4,7,10H,2,5-6H2,1H3,(H,11,12). The van der Waals surface area contributed by atoms with Crippen LogP contribution in [-0.2, 0) is 0 Å². The Morgan fingerprint density at radius 2 is 2.29 bits per heavy atom. The van der Waals surface area contributed by atoms with Gasteiger partial charge in [-0.25, -0.2) is 4.98 Å². The van der Waals surface area contributed by atoms with Crippen LogP contribution >= 0.6 is 0 Å². The summed E-state index contributed by atoms with van der Waals surface area (Å²) in [6, 6.07) is 3.37. The Labute approximate surface area is 82.9 Å². The smallest absolute Gasteiger partial charge is 0.126 e. The number of hydrogen-bond donors (Lipinski definition) is 2. The Bertz CT molecular complexity index is 273. The van der Waals surface area contributed by atoms with Crippen molar-refractivity contribution in [2.75, 3.05) is 25.0 Å². The highest BCUT2D eigenvalue weighted by Crippen LogP contribution is 2.11. The first-order chi connectivity index (χ1) is 6.86. The molecule has 0 fully saturated rings. The van der Waals surface area contributed by atoms with Crippen LogP contribution < -0.4 is 10.6 Å². The van der Waals surface area contributed by atoms with E-state index in [0.29, 0.717) is 5.69 Å². The fourth-order valence-corrected chi connectivity index (χ4v) is 1.00. The third kappa shape index (κ3) is 3.49. The number of hydrogen-bond acceptors (Lipinski definition) is 5. The second kappa shape index (κ2) is 6.04. The number of pyridine rings is 1. The van der Waals surface area contributed by atoms with E-state index in [0.717, 1.165) is 25.5 Å². The molecule has 0 saturated heterocycles. The van der Waals surface area contributed by atoms with Crippen LogP contribution in [0.1, 0.15) is 6.92 Å². The SMILES string of the molecule is CCNCCNc1ccc(N=O)cn1. The first-order valence-corrected chi connectivity index (χ1v) is 4.61. The van der Waals surface area contributed by atoms with Gasteiger partial charge in [0.15, 0.2) is 0 Å². The maximum atomic E-state index is 10.1. The van der Waals surface area contributed by atoms with E-state index in [9.17, 15) is 4.91 Å². The van der Waals surface area contributed by atoms with Crippen molar-refractivity contribution in [2.24, 2.45) is 5.18 Å². The first-order valence-electron chi connectivity index (χ1n) is 4.61. The minimum Gasteiger partial charge on any atom is -0.369 e. The Morgan fingerprint density at radius 3 is 2.86 bits per heavy atom. The third-order valence-electron chi connectivity index (χ3n) is 1.71. The van der Waals surface area contributed by atoms with Crippen molar-refractivity contribution in [3.05, 3.63) is 23.2 Å². The number of likely N-dealkylation sites (N-methyl/N-ethyl adjacent to an activating group) is 1. The molecule has 14 heavy (non-hydrogen) atoms. The predicted molar refractivity (Wildman–Crippen MR) is 56.7 cm³/mol. The molecule has 0 aliphatic heterocycles. The van der Waals surface area contributed by atoms with Gasteiger partial charge in [0.05, 0.1) is 6.20 Å². The van der Waals surface area contributed by atoms with Gasteiger partial charge in [0.25, 0.3) is 0 Å². The van der Waals surface area contributed by atoms with Crippen molar-refractivity contribution in [1.29, 1.82) is 0 Å². The van der Waals surface area contributed by atoms with Crippen molar-refractivity contribution in [1.82, 2.24) is 10.3 Å². The summed E-state index contributed by atoms with van der Waals surface area (Å²) in [4.78, 5) is 14.1. The van der Waals surface area contributed by atoms with E-state index in [1.54, 1.807) is 12.1 Å². The Kier molecular flexibility index (Phi) is 4.57. The summed E-state index contributed by atoms with van der Waals surface area (Å²) < 4.78 is 0. The molecule has 0 unspecified atom stereocenters. The average Bonchev–Trinajstić information content (AvgIpc) is 2.25. The van der Waals surface area contributed by atoms with Crippen LogP contribution in [-0.4, -0.2) is 24.6 Å². The summed E-state index contributed by atoms with van der Waals surface area (Å²) in [6.07, 6.45) is 1.45. The Hall–Kier alpha value is -1.49. The fraction of sp³-hybridized carbons (Fsp3) is 0.444. The molecule has 1 aromatic rings. The van der Waals surface area contributed by atoms with Gasteiger partial charge in [0.2, 0.25) is 0 Å². The van der Waals surface area contributed by atoms with Gasteiger partial charge in [-0.1, -0.05) is 6.92 Å². The highest BCUT2D eigenvalue weighted by Gasteiger charge is 1.94. The molecule has 0 aromatic carbocycles. The van der Waals surface area contributed by atoms with Crippen molar-refractivity contribution < 1.29 is 0 Å². The van der Waals surface area contributed by atoms with E-state index in [1.807, 2.05) is 0 Å². The monoisotopic (exact) mass is 194 g/mol. The number of anilines is 1. The third-order valence-corrected chi connectivity index (χ3v) is 1.71. The van der Waals surface area contributed by atoms with Crippen LogP contribution in [0.4, 0.5) is 11.5 Å². The zero-order chi connectivity index (χ0) is 10.2. The Balaban J connectivity index is 2.32. The molecule has 0 spiro atoms. The van der Waals surface area contributed by atoms with Gasteiger partial charge in [-0.3, -0.25) is 0 Å². The maximum absolute atomic E-state index is 10.1. The van der Waals surface area contributed by atoms with E-state index in [2.05, 4.69) is 27.7 Å². The van der Waals surface area contributed by atoms with Gasteiger partial charge in [-0.05, 0) is 23.9 Å². The minimum atomic E-state index is 0.349. The topological polar surface area (TPSA) is 66.4 Å². The molecular weight excluding hydrogens is 180 g/mol. The highest BCUT2D eigenvalue weighted by molar-refractivity contribution is 5.42. The summed E-state index contributed by atoms with van der Waals surface area (Å²) in [5.41, 5.74) is 0.349. The molecule has 1 aromatic heterocycles. The molecule has 5 heteroatoms. The molecular formula is C9H14N4O. The van der Waals surface area contributed by atoms with Crippen molar-refractivity contribution in [3.8, 4) is 0 Å². The van der Waals surface area contributed by atoms with E-state index in [-0.39, 0.29) is 0 Å². The zero-order valence-corrected chi connectivity index (χ0v) is 8.16. The second-order valence-electron chi connectivity index (χ2n) is 2.77. The summed E-state index contributed by atoms with van der Waals surface area (Å²) >= 11 is 0. The molecule has 76 valence electrons. The predicted octanol–water partition coefficient (Wildman–Crippen LogP) is 1.50. The van der Waals surface area contributed by atoms with E-state index >= 15 is 0 Å². The molecule has 1 heterocycles. The molecule has 0 saturated carbocycles. The second-order valence-corrected chi connectivity index (χ2v) is 2.77. The van der Waals surface area contributed by atoms with Crippen molar-refractivity contribution >= 4 is 11.5 Å². The van der Waals surface area contributed by atoms with E-state index in [4.69, 9.17) is 0 Å². The molecule has 2 N–H and O–H groups in total. The number of nitrogens with zero attached hydrogens (tertiary/aromatic N) is 2. The van der Waals surface area contributed by atoms with Crippen LogP contribution in [0.15, 0.2) is 23.5 Å². The van der Waals surface area contributed by atoms with Crippen LogP contribution in [0.25, 0.3) is 0 Å². The van der Waals surface area contributed by atoms with Gasteiger partial charge in [-0.15, -0.1) is 4.91 Å². The van der Waals surface area contributed by atoms with Gasteiger partial charge in [0.1, 0.15) is 11.5 Å².